The standard InChI is InChI=1S/C22H27N3O3/c1-4-17-9-10-20-22(16-11-15(3)12-23-13-16)18(19(14-26)24-25(17)20)7-6-8-21(27)28-5-2/h9-13,26H,4-8,14H2,1-3H3. The molecule has 3 aromatic rings. The summed E-state index contributed by atoms with van der Waals surface area (Å²) >= 11 is 0. The quantitative estimate of drug-likeness (QED) is 0.603. The number of fused-ring (bicyclic) bond motifs is 1. The molecule has 0 aliphatic carbocycles. The number of rotatable bonds is 8. The summed E-state index contributed by atoms with van der Waals surface area (Å²) in [6.07, 6.45) is 6.13. The molecule has 0 aliphatic heterocycles. The summed E-state index contributed by atoms with van der Waals surface area (Å²) in [4.78, 5) is 16.1. The zero-order chi connectivity index (χ0) is 20.1. The van der Waals surface area contributed by atoms with Crippen LogP contribution in [-0.2, 0) is 29.0 Å². The fourth-order valence-corrected chi connectivity index (χ4v) is 3.58. The highest BCUT2D eigenvalue weighted by Gasteiger charge is 2.19. The van der Waals surface area contributed by atoms with Crippen molar-refractivity contribution in [3.05, 3.63) is 53.1 Å². The Morgan fingerprint density at radius 3 is 2.75 bits per heavy atom. The monoisotopic (exact) mass is 381 g/mol. The van der Waals surface area contributed by atoms with Gasteiger partial charge in [-0.25, -0.2) is 4.52 Å². The van der Waals surface area contributed by atoms with Crippen LogP contribution < -0.4 is 0 Å². The number of hydrogen-bond donors (Lipinski definition) is 1. The molecule has 0 fully saturated rings. The molecule has 0 radical (unpaired) electrons. The summed E-state index contributed by atoms with van der Waals surface area (Å²) in [6.45, 7) is 6.14. The van der Waals surface area contributed by atoms with E-state index < -0.39 is 0 Å². The van der Waals surface area contributed by atoms with Crippen LogP contribution in [0.1, 0.15) is 49.2 Å². The van der Waals surface area contributed by atoms with E-state index in [4.69, 9.17) is 9.84 Å². The first kappa shape index (κ1) is 20.0. The fraction of sp³-hybridized carbons (Fsp3) is 0.409. The average Bonchev–Trinajstić information content (AvgIpc) is 3.09. The van der Waals surface area contributed by atoms with Crippen LogP contribution >= 0.6 is 0 Å². The molecule has 0 saturated heterocycles. The normalized spacial score (nSPS) is 11.1. The maximum absolute atomic E-state index is 11.7. The number of ether oxygens (including phenoxy) is 1. The van der Waals surface area contributed by atoms with Gasteiger partial charge in [-0.1, -0.05) is 6.92 Å². The molecule has 148 valence electrons. The number of hydrogen-bond acceptors (Lipinski definition) is 5. The molecule has 28 heavy (non-hydrogen) atoms. The van der Waals surface area contributed by atoms with Crippen molar-refractivity contribution in [2.45, 2.75) is 53.1 Å². The zero-order valence-corrected chi connectivity index (χ0v) is 16.7. The first-order chi connectivity index (χ1) is 13.6. The minimum absolute atomic E-state index is 0.155. The molecule has 0 atom stereocenters. The lowest BCUT2D eigenvalue weighted by Gasteiger charge is -2.16. The molecule has 6 nitrogen and oxygen atoms in total. The molecule has 0 aromatic carbocycles. The lowest BCUT2D eigenvalue weighted by atomic mass is 9.95. The summed E-state index contributed by atoms with van der Waals surface area (Å²) in [6, 6.07) is 6.23. The first-order valence-corrected chi connectivity index (χ1v) is 9.79. The number of aryl methyl sites for hydroxylation is 2. The molecule has 1 N–H and O–H groups in total. The van der Waals surface area contributed by atoms with Gasteiger partial charge in [-0.3, -0.25) is 9.78 Å². The molecular weight excluding hydrogens is 354 g/mol. The Bertz CT molecular complexity index is 979. The van der Waals surface area contributed by atoms with Crippen LogP contribution in [0.2, 0.25) is 0 Å². The highest BCUT2D eigenvalue weighted by atomic mass is 16.5. The van der Waals surface area contributed by atoms with Gasteiger partial charge in [-0.15, -0.1) is 0 Å². The molecule has 0 spiro atoms. The molecule has 3 rings (SSSR count). The Balaban J connectivity index is 2.11. The first-order valence-electron chi connectivity index (χ1n) is 9.79. The molecule has 3 aromatic heterocycles. The molecule has 0 aliphatic rings. The highest BCUT2D eigenvalue weighted by molar-refractivity contribution is 5.84. The van der Waals surface area contributed by atoms with Gasteiger partial charge in [0, 0.05) is 35.6 Å². The van der Waals surface area contributed by atoms with Crippen molar-refractivity contribution >= 4 is 11.5 Å². The summed E-state index contributed by atoms with van der Waals surface area (Å²) in [7, 11) is 0. The van der Waals surface area contributed by atoms with Gasteiger partial charge in [0.2, 0.25) is 0 Å². The smallest absolute Gasteiger partial charge is 0.305 e. The molecule has 0 bridgehead atoms. The second kappa shape index (κ2) is 8.97. The van der Waals surface area contributed by atoms with Crippen LogP contribution in [0.4, 0.5) is 0 Å². The second-order valence-electron chi connectivity index (χ2n) is 6.84. The molecular formula is C22H27N3O3. The number of nitrogens with zero attached hydrogens (tertiary/aromatic N) is 3. The van der Waals surface area contributed by atoms with Gasteiger partial charge < -0.3 is 9.84 Å². The van der Waals surface area contributed by atoms with Crippen molar-refractivity contribution in [3.8, 4) is 11.1 Å². The lowest BCUT2D eigenvalue weighted by molar-refractivity contribution is -0.143. The third-order valence-electron chi connectivity index (χ3n) is 4.85. The van der Waals surface area contributed by atoms with Crippen molar-refractivity contribution in [2.24, 2.45) is 0 Å². The Morgan fingerprint density at radius 1 is 1.25 bits per heavy atom. The molecule has 3 heterocycles. The van der Waals surface area contributed by atoms with E-state index in [1.807, 2.05) is 23.8 Å². The van der Waals surface area contributed by atoms with Crippen molar-refractivity contribution in [3.63, 3.8) is 0 Å². The van der Waals surface area contributed by atoms with Gasteiger partial charge in [0.1, 0.15) is 0 Å². The number of aliphatic hydroxyl groups excluding tert-OH is 1. The summed E-state index contributed by atoms with van der Waals surface area (Å²) in [5, 5.41) is 14.7. The number of carbonyl (C=O) groups excluding carboxylic acids is 1. The summed E-state index contributed by atoms with van der Waals surface area (Å²) in [5.74, 6) is -0.197. The zero-order valence-electron chi connectivity index (χ0n) is 16.7. The number of aromatic nitrogens is 3. The van der Waals surface area contributed by atoms with Crippen LogP contribution in [0.25, 0.3) is 16.6 Å². The number of carbonyl (C=O) groups is 1. The molecule has 0 amide bonds. The predicted molar refractivity (Wildman–Crippen MR) is 108 cm³/mol. The van der Waals surface area contributed by atoms with E-state index in [2.05, 4.69) is 30.1 Å². The van der Waals surface area contributed by atoms with Gasteiger partial charge >= 0.3 is 5.97 Å². The Morgan fingerprint density at radius 2 is 2.07 bits per heavy atom. The van der Waals surface area contributed by atoms with Crippen LogP contribution in [0.5, 0.6) is 0 Å². The minimum atomic E-state index is -0.197. The Hall–Kier alpha value is -2.73. The average molecular weight is 381 g/mol. The number of aliphatic hydroxyl groups is 1. The number of esters is 1. The second-order valence-corrected chi connectivity index (χ2v) is 6.84. The van der Waals surface area contributed by atoms with Crippen molar-refractivity contribution in [1.82, 2.24) is 14.6 Å². The van der Waals surface area contributed by atoms with E-state index >= 15 is 0 Å². The molecule has 0 saturated carbocycles. The van der Waals surface area contributed by atoms with E-state index in [0.29, 0.717) is 31.6 Å². The van der Waals surface area contributed by atoms with Crippen LogP contribution in [0.15, 0.2) is 30.6 Å². The Kier molecular flexibility index (Phi) is 6.41. The molecule has 0 unspecified atom stereocenters. The summed E-state index contributed by atoms with van der Waals surface area (Å²) < 4.78 is 6.95. The van der Waals surface area contributed by atoms with E-state index in [1.165, 1.54) is 0 Å². The van der Waals surface area contributed by atoms with Gasteiger partial charge in [0.05, 0.1) is 24.4 Å². The van der Waals surface area contributed by atoms with Crippen LogP contribution in [-0.4, -0.2) is 32.3 Å². The van der Waals surface area contributed by atoms with Crippen LogP contribution in [0, 0.1) is 6.92 Å². The van der Waals surface area contributed by atoms with Gasteiger partial charge in [-0.2, -0.15) is 5.10 Å². The predicted octanol–water partition coefficient (Wildman–Crippen LogP) is 3.65. The van der Waals surface area contributed by atoms with E-state index in [-0.39, 0.29) is 12.6 Å². The third-order valence-corrected chi connectivity index (χ3v) is 4.85. The van der Waals surface area contributed by atoms with E-state index in [9.17, 15) is 9.90 Å². The van der Waals surface area contributed by atoms with E-state index in [0.717, 1.165) is 39.9 Å². The highest BCUT2D eigenvalue weighted by Crippen LogP contribution is 2.32. The van der Waals surface area contributed by atoms with Gasteiger partial charge in [0.15, 0.2) is 0 Å². The van der Waals surface area contributed by atoms with Gasteiger partial charge in [0.25, 0.3) is 0 Å². The minimum Gasteiger partial charge on any atom is -0.466 e. The van der Waals surface area contributed by atoms with Gasteiger partial charge in [-0.05, 0) is 62.4 Å². The lowest BCUT2D eigenvalue weighted by Crippen LogP contribution is -2.10. The SMILES string of the molecule is CCOC(=O)CCCc1c(CO)nn2c(CC)ccc2c1-c1cncc(C)c1. The topological polar surface area (TPSA) is 76.7 Å². The van der Waals surface area contributed by atoms with Crippen LogP contribution in [0.3, 0.4) is 0 Å². The maximum atomic E-state index is 11.7. The third kappa shape index (κ3) is 4.07. The summed E-state index contributed by atoms with van der Waals surface area (Å²) in [5.41, 5.74) is 6.77. The van der Waals surface area contributed by atoms with Crippen molar-refractivity contribution < 1.29 is 14.6 Å². The van der Waals surface area contributed by atoms with Crippen molar-refractivity contribution in [1.29, 1.82) is 0 Å². The largest absolute Gasteiger partial charge is 0.466 e. The van der Waals surface area contributed by atoms with E-state index in [1.54, 1.807) is 6.92 Å². The van der Waals surface area contributed by atoms with Crippen molar-refractivity contribution in [2.75, 3.05) is 6.61 Å². The molecule has 6 heteroatoms. The fourth-order valence-electron chi connectivity index (χ4n) is 3.58. The number of pyridine rings is 1. The Labute approximate surface area is 165 Å². The maximum Gasteiger partial charge on any atom is 0.305 e.